The number of esters is 1. The third kappa shape index (κ3) is 1.90. The second kappa shape index (κ2) is 4.86. The molecule has 2 nitrogen and oxygen atoms in total. The van der Waals surface area contributed by atoms with E-state index < -0.39 is 0 Å². The number of hydrogen-bond donors (Lipinski definition) is 0. The molecule has 2 bridgehead atoms. The third-order valence-electron chi connectivity index (χ3n) is 8.71. The van der Waals surface area contributed by atoms with Gasteiger partial charge in [0.15, 0.2) is 0 Å². The van der Waals surface area contributed by atoms with Gasteiger partial charge in [-0.3, -0.25) is 4.79 Å². The van der Waals surface area contributed by atoms with E-state index in [2.05, 4.69) is 20.4 Å². The average molecular weight is 316 g/mol. The van der Waals surface area contributed by atoms with Crippen LogP contribution in [0.2, 0.25) is 0 Å². The minimum absolute atomic E-state index is 0.0360. The molecule has 0 radical (unpaired) electrons. The molecule has 4 rings (SSSR count). The fraction of sp³-hybridized carbons (Fsp3) is 0.857. The molecule has 0 N–H and O–H groups in total. The van der Waals surface area contributed by atoms with Crippen LogP contribution in [0.25, 0.3) is 0 Å². The van der Waals surface area contributed by atoms with Crippen molar-refractivity contribution >= 4 is 5.97 Å². The molecule has 0 aromatic carbocycles. The Labute approximate surface area is 141 Å². The van der Waals surface area contributed by atoms with Crippen LogP contribution in [0.5, 0.6) is 0 Å². The van der Waals surface area contributed by atoms with Gasteiger partial charge in [0.2, 0.25) is 0 Å². The van der Waals surface area contributed by atoms with Gasteiger partial charge in [-0.05, 0) is 86.9 Å². The van der Waals surface area contributed by atoms with Gasteiger partial charge in [0.25, 0.3) is 0 Å². The highest BCUT2D eigenvalue weighted by Crippen LogP contribution is 2.72. The first kappa shape index (κ1) is 15.7. The van der Waals surface area contributed by atoms with E-state index in [-0.39, 0.29) is 11.4 Å². The first-order valence-electron chi connectivity index (χ1n) is 9.62. The lowest BCUT2D eigenvalue weighted by Gasteiger charge is -2.63. The quantitative estimate of drug-likeness (QED) is 0.495. The van der Waals surface area contributed by atoms with Gasteiger partial charge in [-0.1, -0.05) is 25.5 Å². The fourth-order valence-corrected chi connectivity index (χ4v) is 7.83. The number of methoxy groups -OCH3 is 1. The molecule has 23 heavy (non-hydrogen) atoms. The number of carbonyl (C=O) groups excluding carboxylic acids is 1. The molecule has 4 aliphatic carbocycles. The number of fused-ring (bicyclic) bond motifs is 3. The second-order valence-corrected chi connectivity index (χ2v) is 9.59. The van der Waals surface area contributed by atoms with Gasteiger partial charge in [0, 0.05) is 0 Å². The van der Waals surface area contributed by atoms with E-state index >= 15 is 0 Å². The first-order chi connectivity index (χ1) is 10.9. The summed E-state index contributed by atoms with van der Waals surface area (Å²) in [5, 5.41) is 0. The monoisotopic (exact) mass is 316 g/mol. The van der Waals surface area contributed by atoms with Crippen LogP contribution >= 0.6 is 0 Å². The van der Waals surface area contributed by atoms with E-state index in [1.54, 1.807) is 7.11 Å². The third-order valence-corrected chi connectivity index (χ3v) is 8.71. The van der Waals surface area contributed by atoms with Gasteiger partial charge in [0.05, 0.1) is 12.5 Å². The maximum Gasteiger partial charge on any atom is 0.311 e. The van der Waals surface area contributed by atoms with E-state index in [1.807, 2.05) is 0 Å². The Kier molecular flexibility index (Phi) is 3.32. The van der Waals surface area contributed by atoms with Crippen LogP contribution in [0.4, 0.5) is 0 Å². The number of carbonyl (C=O) groups is 1. The van der Waals surface area contributed by atoms with Crippen molar-refractivity contribution in [2.45, 2.75) is 71.6 Å². The zero-order valence-electron chi connectivity index (χ0n) is 15.1. The molecule has 4 aliphatic rings. The predicted molar refractivity (Wildman–Crippen MR) is 91.8 cm³/mol. The topological polar surface area (TPSA) is 26.3 Å². The molecular weight excluding hydrogens is 284 g/mol. The zero-order chi connectivity index (χ0) is 16.5. The molecule has 0 heterocycles. The van der Waals surface area contributed by atoms with Gasteiger partial charge in [-0.2, -0.15) is 0 Å². The van der Waals surface area contributed by atoms with Crippen molar-refractivity contribution in [2.24, 2.45) is 34.0 Å². The van der Waals surface area contributed by atoms with E-state index in [9.17, 15) is 4.79 Å². The number of hydrogen-bond acceptors (Lipinski definition) is 2. The lowest BCUT2D eigenvalue weighted by Crippen LogP contribution is -2.58. The molecule has 0 aromatic rings. The standard InChI is InChI=1S/C21H32O2/c1-14-12-21-11-8-16-19(2,17(21)7-6-15(14)13-21)9-5-10-20(16,3)18(22)23-4/h15-17H,1,5-13H2,2-4H3/t15-,16+,17-,19+,20+,21+/m0/s1. The fourth-order valence-electron chi connectivity index (χ4n) is 7.83. The largest absolute Gasteiger partial charge is 0.469 e. The van der Waals surface area contributed by atoms with Gasteiger partial charge < -0.3 is 4.74 Å². The predicted octanol–water partition coefficient (Wildman–Crippen LogP) is 5.13. The Balaban J connectivity index is 1.73. The summed E-state index contributed by atoms with van der Waals surface area (Å²) >= 11 is 0. The van der Waals surface area contributed by atoms with Crippen molar-refractivity contribution in [1.82, 2.24) is 0 Å². The zero-order valence-corrected chi connectivity index (χ0v) is 15.1. The molecule has 0 aliphatic heterocycles. The molecular formula is C21H32O2. The van der Waals surface area contributed by atoms with Crippen LogP contribution in [0.15, 0.2) is 12.2 Å². The number of ether oxygens (including phenoxy) is 1. The number of allylic oxidation sites excluding steroid dienone is 1. The summed E-state index contributed by atoms with van der Waals surface area (Å²) in [7, 11) is 1.57. The normalized spacial score (nSPS) is 51.8. The van der Waals surface area contributed by atoms with Crippen molar-refractivity contribution in [3.8, 4) is 0 Å². The second-order valence-electron chi connectivity index (χ2n) is 9.59. The average Bonchev–Trinajstić information content (AvgIpc) is 2.75. The maximum absolute atomic E-state index is 12.6. The van der Waals surface area contributed by atoms with Crippen LogP contribution < -0.4 is 0 Å². The Morgan fingerprint density at radius 3 is 2.65 bits per heavy atom. The van der Waals surface area contributed by atoms with Crippen LogP contribution in [-0.2, 0) is 9.53 Å². The van der Waals surface area contributed by atoms with Crippen LogP contribution in [0.1, 0.15) is 71.6 Å². The minimum atomic E-state index is -0.268. The minimum Gasteiger partial charge on any atom is -0.469 e. The van der Waals surface area contributed by atoms with Crippen molar-refractivity contribution < 1.29 is 9.53 Å². The Morgan fingerprint density at radius 1 is 1.13 bits per heavy atom. The lowest BCUT2D eigenvalue weighted by atomic mass is 9.41. The molecule has 2 heteroatoms. The van der Waals surface area contributed by atoms with Crippen molar-refractivity contribution in [3.05, 3.63) is 12.2 Å². The molecule has 0 unspecified atom stereocenters. The van der Waals surface area contributed by atoms with Gasteiger partial charge in [0.1, 0.15) is 0 Å². The van der Waals surface area contributed by atoms with E-state index in [0.717, 1.165) is 18.3 Å². The molecule has 0 saturated heterocycles. The lowest BCUT2D eigenvalue weighted by molar-refractivity contribution is -0.183. The summed E-state index contributed by atoms with van der Waals surface area (Å²) in [6, 6.07) is 0. The maximum atomic E-state index is 12.6. The summed E-state index contributed by atoms with van der Waals surface area (Å²) in [5.74, 6) is 2.11. The Morgan fingerprint density at radius 2 is 1.91 bits per heavy atom. The highest BCUT2D eigenvalue weighted by Gasteiger charge is 2.65. The van der Waals surface area contributed by atoms with E-state index in [0.29, 0.717) is 16.7 Å². The van der Waals surface area contributed by atoms with Gasteiger partial charge >= 0.3 is 5.97 Å². The molecule has 4 fully saturated rings. The first-order valence-corrected chi connectivity index (χ1v) is 9.62. The van der Waals surface area contributed by atoms with Crippen molar-refractivity contribution in [1.29, 1.82) is 0 Å². The van der Waals surface area contributed by atoms with Crippen molar-refractivity contribution in [3.63, 3.8) is 0 Å². The summed E-state index contributed by atoms with van der Waals surface area (Å²) in [6.07, 6.45) is 11.3. The van der Waals surface area contributed by atoms with Gasteiger partial charge in [-0.15, -0.1) is 0 Å². The van der Waals surface area contributed by atoms with Gasteiger partial charge in [-0.25, -0.2) is 0 Å². The summed E-state index contributed by atoms with van der Waals surface area (Å²) in [6.45, 7) is 9.12. The van der Waals surface area contributed by atoms with Crippen LogP contribution in [0, 0.1) is 34.0 Å². The SMILES string of the molecule is C=C1C[C@@]23CC[C@@H]4[C@@](C)(CCC[C@@]4(C)C(=O)OC)[C@@H]2CC[C@H]1C3. The summed E-state index contributed by atoms with van der Waals surface area (Å²) in [4.78, 5) is 12.6. The molecule has 6 atom stereocenters. The highest BCUT2D eigenvalue weighted by molar-refractivity contribution is 5.77. The molecule has 128 valence electrons. The smallest absolute Gasteiger partial charge is 0.311 e. The number of rotatable bonds is 1. The Hall–Kier alpha value is -0.790. The summed E-state index contributed by atoms with van der Waals surface area (Å²) in [5.41, 5.74) is 2.09. The van der Waals surface area contributed by atoms with Crippen LogP contribution in [0.3, 0.4) is 0 Å². The van der Waals surface area contributed by atoms with E-state index in [1.165, 1.54) is 56.9 Å². The van der Waals surface area contributed by atoms with Crippen LogP contribution in [-0.4, -0.2) is 13.1 Å². The highest BCUT2D eigenvalue weighted by atomic mass is 16.5. The molecule has 0 amide bonds. The molecule has 1 spiro atoms. The van der Waals surface area contributed by atoms with E-state index in [4.69, 9.17) is 4.74 Å². The summed E-state index contributed by atoms with van der Waals surface area (Å²) < 4.78 is 5.25. The Bertz CT molecular complexity index is 552. The molecule has 0 aromatic heterocycles. The van der Waals surface area contributed by atoms with Crippen molar-refractivity contribution in [2.75, 3.05) is 7.11 Å². The molecule has 4 saturated carbocycles.